The minimum Gasteiger partial charge on any atom is -0.359 e. The maximum absolute atomic E-state index is 11.2. The standard InChI is InChI=1S/C8H13N3O2/c1-4-6(3)13-11-7(4)10-8(12)5(2)9/h5H,9H2,1-3H3,(H,10,11,12). The first kappa shape index (κ1) is 9.73. The molecule has 1 aromatic rings. The third-order valence-corrected chi connectivity index (χ3v) is 1.81. The normalized spacial score (nSPS) is 12.6. The number of aromatic nitrogens is 1. The van der Waals surface area contributed by atoms with Crippen LogP contribution in [-0.2, 0) is 4.79 Å². The van der Waals surface area contributed by atoms with Gasteiger partial charge in [0.2, 0.25) is 5.91 Å². The Morgan fingerprint density at radius 2 is 2.23 bits per heavy atom. The fraction of sp³-hybridized carbons (Fsp3) is 0.500. The van der Waals surface area contributed by atoms with Crippen molar-refractivity contribution in [1.29, 1.82) is 0 Å². The van der Waals surface area contributed by atoms with Crippen molar-refractivity contribution in [2.75, 3.05) is 5.32 Å². The molecule has 0 aliphatic carbocycles. The number of hydrogen-bond donors (Lipinski definition) is 2. The van der Waals surface area contributed by atoms with Gasteiger partial charge in [-0.2, -0.15) is 0 Å². The summed E-state index contributed by atoms with van der Waals surface area (Å²) in [5.41, 5.74) is 6.20. The molecule has 5 heteroatoms. The van der Waals surface area contributed by atoms with E-state index in [9.17, 15) is 4.79 Å². The van der Waals surface area contributed by atoms with E-state index in [0.717, 1.165) is 5.56 Å². The van der Waals surface area contributed by atoms with Crippen LogP contribution >= 0.6 is 0 Å². The van der Waals surface area contributed by atoms with Crippen molar-refractivity contribution in [2.24, 2.45) is 5.73 Å². The van der Waals surface area contributed by atoms with Crippen molar-refractivity contribution >= 4 is 11.7 Å². The molecule has 1 unspecified atom stereocenters. The first-order valence-corrected chi connectivity index (χ1v) is 4.01. The summed E-state index contributed by atoms with van der Waals surface area (Å²) in [6.07, 6.45) is 0. The molecule has 13 heavy (non-hydrogen) atoms. The number of aryl methyl sites for hydroxylation is 1. The molecule has 0 bridgehead atoms. The lowest BCUT2D eigenvalue weighted by atomic mass is 10.2. The number of nitrogens with zero attached hydrogens (tertiary/aromatic N) is 1. The van der Waals surface area contributed by atoms with E-state index in [1.54, 1.807) is 13.8 Å². The van der Waals surface area contributed by atoms with Gasteiger partial charge in [0.1, 0.15) is 5.76 Å². The lowest BCUT2D eigenvalue weighted by Gasteiger charge is -2.04. The molecular weight excluding hydrogens is 170 g/mol. The molecule has 0 aromatic carbocycles. The Morgan fingerprint density at radius 1 is 1.62 bits per heavy atom. The zero-order valence-corrected chi connectivity index (χ0v) is 7.92. The summed E-state index contributed by atoms with van der Waals surface area (Å²) in [6.45, 7) is 5.21. The predicted molar refractivity (Wildman–Crippen MR) is 48.3 cm³/mol. The number of nitrogens with one attached hydrogen (secondary N) is 1. The number of nitrogens with two attached hydrogens (primary N) is 1. The fourth-order valence-corrected chi connectivity index (χ4v) is 0.765. The maximum atomic E-state index is 11.2. The highest BCUT2D eigenvalue weighted by Crippen LogP contribution is 2.16. The Kier molecular flexibility index (Phi) is 2.67. The Morgan fingerprint density at radius 3 is 2.62 bits per heavy atom. The Labute approximate surface area is 76.3 Å². The van der Waals surface area contributed by atoms with Crippen molar-refractivity contribution in [1.82, 2.24) is 5.16 Å². The van der Waals surface area contributed by atoms with Crippen LogP contribution in [0.2, 0.25) is 0 Å². The van der Waals surface area contributed by atoms with Gasteiger partial charge in [-0.25, -0.2) is 0 Å². The summed E-state index contributed by atoms with van der Waals surface area (Å²) in [4.78, 5) is 11.2. The molecule has 0 saturated carbocycles. The third kappa shape index (κ3) is 2.06. The highest BCUT2D eigenvalue weighted by atomic mass is 16.5. The second-order valence-corrected chi connectivity index (χ2v) is 2.99. The van der Waals surface area contributed by atoms with Crippen LogP contribution in [0.5, 0.6) is 0 Å². The summed E-state index contributed by atoms with van der Waals surface area (Å²) < 4.78 is 4.87. The highest BCUT2D eigenvalue weighted by molar-refractivity contribution is 5.94. The summed E-state index contributed by atoms with van der Waals surface area (Å²) >= 11 is 0. The summed E-state index contributed by atoms with van der Waals surface area (Å²) in [6, 6.07) is -0.545. The van der Waals surface area contributed by atoms with Crippen LogP contribution in [0.15, 0.2) is 4.52 Å². The molecule has 0 fully saturated rings. The molecule has 0 aliphatic rings. The number of carbonyl (C=O) groups is 1. The van der Waals surface area contributed by atoms with Gasteiger partial charge in [0, 0.05) is 5.56 Å². The average molecular weight is 183 g/mol. The van der Waals surface area contributed by atoms with Crippen LogP contribution in [-0.4, -0.2) is 17.1 Å². The molecule has 1 aromatic heterocycles. The predicted octanol–water partition coefficient (Wildman–Crippen LogP) is 0.577. The van der Waals surface area contributed by atoms with Crippen LogP contribution in [0.3, 0.4) is 0 Å². The van der Waals surface area contributed by atoms with Gasteiger partial charge in [-0.3, -0.25) is 4.79 Å². The van der Waals surface area contributed by atoms with Gasteiger partial charge < -0.3 is 15.6 Å². The molecule has 0 aliphatic heterocycles. The quantitative estimate of drug-likeness (QED) is 0.702. The van der Waals surface area contributed by atoms with E-state index in [0.29, 0.717) is 11.6 Å². The zero-order chi connectivity index (χ0) is 10.0. The molecule has 1 atom stereocenters. The molecule has 72 valence electrons. The second-order valence-electron chi connectivity index (χ2n) is 2.99. The van der Waals surface area contributed by atoms with Gasteiger partial charge in [-0.1, -0.05) is 5.16 Å². The molecule has 3 N–H and O–H groups in total. The molecule has 1 heterocycles. The van der Waals surface area contributed by atoms with E-state index in [2.05, 4.69) is 10.5 Å². The van der Waals surface area contributed by atoms with Crippen molar-refractivity contribution < 1.29 is 9.32 Å². The van der Waals surface area contributed by atoms with Gasteiger partial charge in [-0.05, 0) is 20.8 Å². The van der Waals surface area contributed by atoms with E-state index in [4.69, 9.17) is 10.3 Å². The maximum Gasteiger partial charge on any atom is 0.242 e. The number of hydrogen-bond acceptors (Lipinski definition) is 4. The molecule has 0 spiro atoms. The van der Waals surface area contributed by atoms with E-state index < -0.39 is 6.04 Å². The summed E-state index contributed by atoms with van der Waals surface area (Å²) in [5, 5.41) is 6.24. The minimum atomic E-state index is -0.545. The van der Waals surface area contributed by atoms with E-state index in [1.807, 2.05) is 6.92 Å². The smallest absolute Gasteiger partial charge is 0.242 e. The molecule has 1 rings (SSSR count). The van der Waals surface area contributed by atoms with Crippen molar-refractivity contribution in [3.05, 3.63) is 11.3 Å². The Balaban J connectivity index is 2.75. The van der Waals surface area contributed by atoms with Crippen LogP contribution in [0.1, 0.15) is 18.2 Å². The molecule has 1 amide bonds. The minimum absolute atomic E-state index is 0.267. The van der Waals surface area contributed by atoms with Crippen molar-refractivity contribution in [3.63, 3.8) is 0 Å². The van der Waals surface area contributed by atoms with Crippen molar-refractivity contribution in [2.45, 2.75) is 26.8 Å². The van der Waals surface area contributed by atoms with Gasteiger partial charge in [0.05, 0.1) is 6.04 Å². The SMILES string of the molecule is Cc1onc(NC(=O)C(C)N)c1C. The zero-order valence-electron chi connectivity index (χ0n) is 7.92. The number of amides is 1. The van der Waals surface area contributed by atoms with Gasteiger partial charge in [-0.15, -0.1) is 0 Å². The fourth-order valence-electron chi connectivity index (χ4n) is 0.765. The lowest BCUT2D eigenvalue weighted by Crippen LogP contribution is -2.32. The Bertz CT molecular complexity index is 317. The first-order chi connectivity index (χ1) is 6.02. The highest BCUT2D eigenvalue weighted by Gasteiger charge is 2.13. The molecule has 0 saturated heterocycles. The number of carbonyl (C=O) groups excluding carboxylic acids is 1. The van der Waals surface area contributed by atoms with Gasteiger partial charge in [0.15, 0.2) is 5.82 Å². The summed E-state index contributed by atoms with van der Waals surface area (Å²) in [5.74, 6) is 0.871. The largest absolute Gasteiger partial charge is 0.359 e. The average Bonchev–Trinajstić information content (AvgIpc) is 2.36. The van der Waals surface area contributed by atoms with Gasteiger partial charge in [0.25, 0.3) is 0 Å². The van der Waals surface area contributed by atoms with Crippen LogP contribution in [0.25, 0.3) is 0 Å². The van der Waals surface area contributed by atoms with Crippen molar-refractivity contribution in [3.8, 4) is 0 Å². The second kappa shape index (κ2) is 3.57. The number of anilines is 1. The number of rotatable bonds is 2. The Hall–Kier alpha value is -1.36. The molecule has 5 nitrogen and oxygen atoms in total. The van der Waals surface area contributed by atoms with E-state index in [-0.39, 0.29) is 5.91 Å². The van der Waals surface area contributed by atoms with E-state index in [1.165, 1.54) is 0 Å². The van der Waals surface area contributed by atoms with Crippen LogP contribution in [0, 0.1) is 13.8 Å². The topological polar surface area (TPSA) is 81.2 Å². The first-order valence-electron chi connectivity index (χ1n) is 4.01. The van der Waals surface area contributed by atoms with Crippen LogP contribution in [0.4, 0.5) is 5.82 Å². The van der Waals surface area contributed by atoms with E-state index >= 15 is 0 Å². The molecule has 0 radical (unpaired) electrons. The summed E-state index contributed by atoms with van der Waals surface area (Å²) in [7, 11) is 0. The lowest BCUT2D eigenvalue weighted by molar-refractivity contribution is -0.117. The van der Waals surface area contributed by atoms with Gasteiger partial charge >= 0.3 is 0 Å². The molecular formula is C8H13N3O2. The monoisotopic (exact) mass is 183 g/mol. The third-order valence-electron chi connectivity index (χ3n) is 1.81. The van der Waals surface area contributed by atoms with Crippen LogP contribution < -0.4 is 11.1 Å².